The predicted octanol–water partition coefficient (Wildman–Crippen LogP) is 1.68. The zero-order valence-corrected chi connectivity index (χ0v) is 12.5. The fourth-order valence-electron chi connectivity index (χ4n) is 2.67. The van der Waals surface area contributed by atoms with Gasteiger partial charge < -0.3 is 14.9 Å². The van der Waals surface area contributed by atoms with Crippen molar-refractivity contribution < 1.29 is 14.7 Å². The molecule has 0 aliphatic carbocycles. The lowest BCUT2D eigenvalue weighted by Crippen LogP contribution is -2.46. The van der Waals surface area contributed by atoms with Gasteiger partial charge in [-0.25, -0.2) is 9.59 Å². The molecule has 0 aromatic carbocycles. The summed E-state index contributed by atoms with van der Waals surface area (Å²) in [6, 6.07) is 1.76. The van der Waals surface area contributed by atoms with Crippen molar-refractivity contribution in [3.63, 3.8) is 0 Å². The highest BCUT2D eigenvalue weighted by Crippen LogP contribution is 2.22. The molecule has 0 radical (unpaired) electrons. The van der Waals surface area contributed by atoms with E-state index in [2.05, 4.69) is 5.10 Å². The molecule has 2 heterocycles. The van der Waals surface area contributed by atoms with Crippen molar-refractivity contribution in [3.05, 3.63) is 18.0 Å². The summed E-state index contributed by atoms with van der Waals surface area (Å²) in [4.78, 5) is 26.8. The van der Waals surface area contributed by atoms with Crippen molar-refractivity contribution in [2.24, 2.45) is 0 Å². The molecule has 1 saturated heterocycles. The van der Waals surface area contributed by atoms with Gasteiger partial charge in [0.25, 0.3) is 0 Å². The number of aromatic nitrogens is 2. The molecule has 0 spiro atoms. The summed E-state index contributed by atoms with van der Waals surface area (Å²) >= 11 is 0. The maximum atomic E-state index is 12.2. The molecule has 0 saturated carbocycles. The topological polar surface area (TPSA) is 78.7 Å². The second-order valence-electron chi connectivity index (χ2n) is 5.16. The third kappa shape index (κ3) is 3.34. The summed E-state index contributed by atoms with van der Waals surface area (Å²) in [6.07, 6.45) is 3.30. The lowest BCUT2D eigenvalue weighted by Gasteiger charge is -2.35. The van der Waals surface area contributed by atoms with Crippen LogP contribution in [0, 0.1) is 0 Å². The SMILES string of the molecule is CCN(CC)C(=O)N1CCC(n2ccc(C(=O)O)n2)CC1. The van der Waals surface area contributed by atoms with E-state index < -0.39 is 5.97 Å². The third-order valence-electron chi connectivity index (χ3n) is 3.97. The molecule has 0 unspecified atom stereocenters. The molecule has 116 valence electrons. The van der Waals surface area contributed by atoms with E-state index in [0.29, 0.717) is 13.1 Å². The van der Waals surface area contributed by atoms with E-state index in [-0.39, 0.29) is 17.8 Å². The van der Waals surface area contributed by atoms with Crippen LogP contribution >= 0.6 is 0 Å². The smallest absolute Gasteiger partial charge is 0.356 e. The number of hydrogen-bond acceptors (Lipinski definition) is 3. The fraction of sp³-hybridized carbons (Fsp3) is 0.643. The van der Waals surface area contributed by atoms with Gasteiger partial charge in [-0.2, -0.15) is 5.10 Å². The Morgan fingerprint density at radius 3 is 2.43 bits per heavy atom. The molecular weight excluding hydrogens is 272 g/mol. The predicted molar refractivity (Wildman–Crippen MR) is 77.3 cm³/mol. The molecule has 1 aliphatic rings. The van der Waals surface area contributed by atoms with Gasteiger partial charge in [-0.05, 0) is 32.8 Å². The zero-order chi connectivity index (χ0) is 15.4. The van der Waals surface area contributed by atoms with Gasteiger partial charge in [0.15, 0.2) is 5.69 Å². The lowest BCUT2D eigenvalue weighted by molar-refractivity contribution is 0.0688. The molecule has 7 nitrogen and oxygen atoms in total. The number of amides is 2. The molecular formula is C14H22N4O3. The van der Waals surface area contributed by atoms with E-state index in [4.69, 9.17) is 5.11 Å². The molecule has 1 aromatic heterocycles. The Morgan fingerprint density at radius 1 is 1.33 bits per heavy atom. The molecule has 2 rings (SSSR count). The van der Waals surface area contributed by atoms with E-state index in [1.54, 1.807) is 10.9 Å². The van der Waals surface area contributed by atoms with Crippen molar-refractivity contribution >= 4 is 12.0 Å². The number of hydrogen-bond donors (Lipinski definition) is 1. The first kappa shape index (κ1) is 15.3. The van der Waals surface area contributed by atoms with Crippen molar-refractivity contribution in [1.82, 2.24) is 19.6 Å². The van der Waals surface area contributed by atoms with Crippen molar-refractivity contribution in [2.75, 3.05) is 26.2 Å². The van der Waals surface area contributed by atoms with Crippen LogP contribution in [0.4, 0.5) is 4.79 Å². The second kappa shape index (κ2) is 6.60. The van der Waals surface area contributed by atoms with Crippen LogP contribution < -0.4 is 0 Å². The standard InChI is InChI=1S/C14H22N4O3/c1-3-16(4-2)14(21)17-8-5-11(6-9-17)18-10-7-12(15-18)13(19)20/h7,10-11H,3-6,8-9H2,1-2H3,(H,19,20). The minimum Gasteiger partial charge on any atom is -0.476 e. The van der Waals surface area contributed by atoms with E-state index >= 15 is 0 Å². The van der Waals surface area contributed by atoms with Crippen LogP contribution in [-0.4, -0.2) is 62.9 Å². The van der Waals surface area contributed by atoms with Crippen LogP contribution in [0.2, 0.25) is 0 Å². The Bertz CT molecular complexity index is 502. The minimum atomic E-state index is -1.01. The van der Waals surface area contributed by atoms with Crippen LogP contribution in [0.1, 0.15) is 43.2 Å². The highest BCUT2D eigenvalue weighted by atomic mass is 16.4. The quantitative estimate of drug-likeness (QED) is 0.916. The Morgan fingerprint density at radius 2 is 1.95 bits per heavy atom. The van der Waals surface area contributed by atoms with E-state index in [1.807, 2.05) is 23.6 Å². The van der Waals surface area contributed by atoms with Crippen LogP contribution in [0.15, 0.2) is 12.3 Å². The van der Waals surface area contributed by atoms with Gasteiger partial charge in [-0.3, -0.25) is 4.68 Å². The largest absolute Gasteiger partial charge is 0.476 e. The summed E-state index contributed by atoms with van der Waals surface area (Å²) in [6.45, 7) is 6.76. The first-order valence-electron chi connectivity index (χ1n) is 7.39. The maximum absolute atomic E-state index is 12.2. The Balaban J connectivity index is 1.93. The number of nitrogens with zero attached hydrogens (tertiary/aromatic N) is 4. The maximum Gasteiger partial charge on any atom is 0.356 e. The summed E-state index contributed by atoms with van der Waals surface area (Å²) in [5, 5.41) is 13.0. The van der Waals surface area contributed by atoms with Crippen molar-refractivity contribution in [2.45, 2.75) is 32.7 Å². The average Bonchev–Trinajstić information content (AvgIpc) is 2.98. The molecule has 7 heteroatoms. The van der Waals surface area contributed by atoms with Crippen molar-refractivity contribution in [1.29, 1.82) is 0 Å². The molecule has 0 bridgehead atoms. The van der Waals surface area contributed by atoms with E-state index in [0.717, 1.165) is 25.9 Å². The molecule has 1 fully saturated rings. The van der Waals surface area contributed by atoms with Crippen LogP contribution in [0.5, 0.6) is 0 Å². The second-order valence-corrected chi connectivity index (χ2v) is 5.16. The van der Waals surface area contributed by atoms with E-state index in [1.165, 1.54) is 6.07 Å². The van der Waals surface area contributed by atoms with Crippen LogP contribution in [-0.2, 0) is 0 Å². The average molecular weight is 294 g/mol. The molecule has 2 amide bonds. The van der Waals surface area contributed by atoms with Gasteiger partial charge in [0.1, 0.15) is 0 Å². The molecule has 1 N–H and O–H groups in total. The highest BCUT2D eigenvalue weighted by molar-refractivity contribution is 5.85. The van der Waals surface area contributed by atoms with Gasteiger partial charge in [-0.1, -0.05) is 0 Å². The van der Waals surface area contributed by atoms with Gasteiger partial charge in [0, 0.05) is 32.4 Å². The van der Waals surface area contributed by atoms with Gasteiger partial charge in [0.05, 0.1) is 6.04 Å². The van der Waals surface area contributed by atoms with Crippen molar-refractivity contribution in [3.8, 4) is 0 Å². The van der Waals surface area contributed by atoms with Gasteiger partial charge in [-0.15, -0.1) is 0 Å². The van der Waals surface area contributed by atoms with Gasteiger partial charge >= 0.3 is 12.0 Å². The summed E-state index contributed by atoms with van der Waals surface area (Å²) < 4.78 is 1.71. The lowest BCUT2D eigenvalue weighted by atomic mass is 10.1. The number of carbonyl (C=O) groups excluding carboxylic acids is 1. The van der Waals surface area contributed by atoms with E-state index in [9.17, 15) is 9.59 Å². The minimum absolute atomic E-state index is 0.0663. The zero-order valence-electron chi connectivity index (χ0n) is 12.5. The number of piperidine rings is 1. The van der Waals surface area contributed by atoms with Crippen LogP contribution in [0.3, 0.4) is 0 Å². The Labute approximate surface area is 124 Å². The molecule has 0 atom stereocenters. The number of rotatable bonds is 4. The fourth-order valence-corrected chi connectivity index (χ4v) is 2.67. The Kier molecular flexibility index (Phi) is 4.82. The number of urea groups is 1. The molecule has 21 heavy (non-hydrogen) atoms. The third-order valence-corrected chi connectivity index (χ3v) is 3.97. The number of carboxylic acid groups (broad SMARTS) is 1. The molecule has 1 aromatic rings. The Hall–Kier alpha value is -2.05. The first-order valence-corrected chi connectivity index (χ1v) is 7.39. The monoisotopic (exact) mass is 294 g/mol. The molecule has 1 aliphatic heterocycles. The first-order chi connectivity index (χ1) is 10.1. The normalized spacial score (nSPS) is 16.0. The van der Waals surface area contributed by atoms with Crippen LogP contribution in [0.25, 0.3) is 0 Å². The number of carbonyl (C=O) groups is 2. The number of likely N-dealkylation sites (tertiary alicyclic amines) is 1. The number of carboxylic acids is 1. The number of aromatic carboxylic acids is 1. The van der Waals surface area contributed by atoms with Gasteiger partial charge in [0.2, 0.25) is 0 Å². The summed E-state index contributed by atoms with van der Waals surface area (Å²) in [7, 11) is 0. The summed E-state index contributed by atoms with van der Waals surface area (Å²) in [5.74, 6) is -1.01. The highest BCUT2D eigenvalue weighted by Gasteiger charge is 2.26. The summed E-state index contributed by atoms with van der Waals surface area (Å²) in [5.41, 5.74) is 0.0663.